The molecule has 8 nitrogen and oxygen atoms in total. The van der Waals surface area contributed by atoms with E-state index in [2.05, 4.69) is 15.5 Å². The summed E-state index contributed by atoms with van der Waals surface area (Å²) in [6.45, 7) is 3.16. The van der Waals surface area contributed by atoms with Crippen LogP contribution in [0.2, 0.25) is 0 Å². The molecule has 2 aromatic rings. The van der Waals surface area contributed by atoms with E-state index in [4.69, 9.17) is 13.9 Å². The van der Waals surface area contributed by atoms with Gasteiger partial charge in [0.25, 0.3) is 5.89 Å². The van der Waals surface area contributed by atoms with E-state index < -0.39 is 0 Å². The van der Waals surface area contributed by atoms with Crippen molar-refractivity contribution in [3.8, 4) is 11.7 Å². The summed E-state index contributed by atoms with van der Waals surface area (Å²) in [4.78, 5) is 13.6. The van der Waals surface area contributed by atoms with E-state index in [0.717, 1.165) is 0 Å². The van der Waals surface area contributed by atoms with Gasteiger partial charge in [0.1, 0.15) is 0 Å². The second-order valence-corrected chi connectivity index (χ2v) is 4.03. The van der Waals surface area contributed by atoms with Crippen LogP contribution in [-0.2, 0) is 4.79 Å². The SMILES string of the molecule is CCN(CCO)CC(=O)Nc1nnc(-c2ccco2)o1. The summed E-state index contributed by atoms with van der Waals surface area (Å²) in [5.74, 6) is 0.358. The van der Waals surface area contributed by atoms with Crippen LogP contribution in [0.15, 0.2) is 27.2 Å². The van der Waals surface area contributed by atoms with Gasteiger partial charge in [0, 0.05) is 6.54 Å². The molecule has 0 atom stereocenters. The Kier molecular flexibility index (Phi) is 4.85. The Labute approximate surface area is 115 Å². The highest BCUT2D eigenvalue weighted by Crippen LogP contribution is 2.19. The Morgan fingerprint density at radius 1 is 1.50 bits per heavy atom. The van der Waals surface area contributed by atoms with Crippen molar-refractivity contribution in [3.63, 3.8) is 0 Å². The monoisotopic (exact) mass is 280 g/mol. The molecule has 0 fully saturated rings. The van der Waals surface area contributed by atoms with Crippen molar-refractivity contribution in [1.29, 1.82) is 0 Å². The average Bonchev–Trinajstić information content (AvgIpc) is 3.08. The minimum atomic E-state index is -0.282. The molecule has 108 valence electrons. The predicted octanol–water partition coefficient (Wildman–Crippen LogP) is 0.582. The van der Waals surface area contributed by atoms with Gasteiger partial charge in [0.15, 0.2) is 5.76 Å². The molecule has 2 aromatic heterocycles. The first-order valence-corrected chi connectivity index (χ1v) is 6.23. The van der Waals surface area contributed by atoms with Crippen LogP contribution in [0.4, 0.5) is 6.01 Å². The third-order valence-corrected chi connectivity index (χ3v) is 2.63. The molecule has 0 saturated heterocycles. The maximum atomic E-state index is 11.8. The molecule has 0 saturated carbocycles. The highest BCUT2D eigenvalue weighted by atomic mass is 16.4. The van der Waals surface area contributed by atoms with E-state index >= 15 is 0 Å². The van der Waals surface area contributed by atoms with Gasteiger partial charge in [0.2, 0.25) is 5.91 Å². The summed E-state index contributed by atoms with van der Waals surface area (Å²) in [5, 5.41) is 18.8. The van der Waals surface area contributed by atoms with E-state index in [1.54, 1.807) is 17.0 Å². The van der Waals surface area contributed by atoms with E-state index in [-0.39, 0.29) is 31.0 Å². The summed E-state index contributed by atoms with van der Waals surface area (Å²) in [7, 11) is 0. The van der Waals surface area contributed by atoms with Crippen LogP contribution >= 0.6 is 0 Å². The largest absolute Gasteiger partial charge is 0.459 e. The molecule has 0 aromatic carbocycles. The smallest absolute Gasteiger partial charge is 0.322 e. The fourth-order valence-corrected chi connectivity index (χ4v) is 1.63. The summed E-state index contributed by atoms with van der Waals surface area (Å²) in [6.07, 6.45) is 1.49. The lowest BCUT2D eigenvalue weighted by atomic mass is 10.4. The number of aliphatic hydroxyl groups is 1. The Morgan fingerprint density at radius 3 is 3.00 bits per heavy atom. The Morgan fingerprint density at radius 2 is 2.35 bits per heavy atom. The Balaban J connectivity index is 1.91. The minimum Gasteiger partial charge on any atom is -0.459 e. The summed E-state index contributed by atoms with van der Waals surface area (Å²) >= 11 is 0. The average molecular weight is 280 g/mol. The summed E-state index contributed by atoms with van der Waals surface area (Å²) in [6, 6.07) is 3.40. The van der Waals surface area contributed by atoms with Gasteiger partial charge in [-0.2, -0.15) is 0 Å². The molecular weight excluding hydrogens is 264 g/mol. The molecule has 0 radical (unpaired) electrons. The predicted molar refractivity (Wildman–Crippen MR) is 69.8 cm³/mol. The highest BCUT2D eigenvalue weighted by Gasteiger charge is 2.14. The zero-order chi connectivity index (χ0) is 14.4. The number of amides is 1. The molecule has 0 aliphatic rings. The number of carbonyl (C=O) groups is 1. The van der Waals surface area contributed by atoms with Crippen LogP contribution in [0, 0.1) is 0 Å². The quantitative estimate of drug-likeness (QED) is 0.764. The molecular formula is C12H16N4O4. The first-order valence-electron chi connectivity index (χ1n) is 6.23. The third-order valence-electron chi connectivity index (χ3n) is 2.63. The number of aliphatic hydroxyl groups excluding tert-OH is 1. The maximum Gasteiger partial charge on any atom is 0.322 e. The first kappa shape index (κ1) is 14.2. The van der Waals surface area contributed by atoms with Gasteiger partial charge in [-0.1, -0.05) is 12.0 Å². The lowest BCUT2D eigenvalue weighted by molar-refractivity contribution is -0.117. The number of nitrogens with one attached hydrogen (secondary N) is 1. The van der Waals surface area contributed by atoms with E-state index in [1.807, 2.05) is 6.92 Å². The van der Waals surface area contributed by atoms with Crippen molar-refractivity contribution >= 4 is 11.9 Å². The molecule has 1 amide bonds. The van der Waals surface area contributed by atoms with Crippen LogP contribution < -0.4 is 5.32 Å². The van der Waals surface area contributed by atoms with Gasteiger partial charge in [-0.15, -0.1) is 5.10 Å². The Hall–Kier alpha value is -2.19. The molecule has 0 aliphatic carbocycles. The van der Waals surface area contributed by atoms with Crippen molar-refractivity contribution < 1.29 is 18.7 Å². The molecule has 2 rings (SSSR count). The second kappa shape index (κ2) is 6.83. The van der Waals surface area contributed by atoms with Gasteiger partial charge in [-0.3, -0.25) is 15.0 Å². The van der Waals surface area contributed by atoms with Gasteiger partial charge in [-0.25, -0.2) is 0 Å². The van der Waals surface area contributed by atoms with Gasteiger partial charge < -0.3 is 13.9 Å². The van der Waals surface area contributed by atoms with Crippen molar-refractivity contribution in [2.75, 3.05) is 31.6 Å². The fourth-order valence-electron chi connectivity index (χ4n) is 1.63. The molecule has 0 spiro atoms. The number of anilines is 1. The van der Waals surface area contributed by atoms with Crippen LogP contribution in [0.3, 0.4) is 0 Å². The maximum absolute atomic E-state index is 11.8. The first-order chi connectivity index (χ1) is 9.72. The molecule has 0 bridgehead atoms. The van der Waals surface area contributed by atoms with Crippen molar-refractivity contribution in [2.45, 2.75) is 6.92 Å². The molecule has 20 heavy (non-hydrogen) atoms. The highest BCUT2D eigenvalue weighted by molar-refractivity contribution is 5.90. The van der Waals surface area contributed by atoms with E-state index in [1.165, 1.54) is 6.26 Å². The molecule has 0 aliphatic heterocycles. The number of aromatic nitrogens is 2. The zero-order valence-corrected chi connectivity index (χ0v) is 11.1. The lowest BCUT2D eigenvalue weighted by Crippen LogP contribution is -2.35. The van der Waals surface area contributed by atoms with Gasteiger partial charge >= 0.3 is 6.01 Å². The van der Waals surface area contributed by atoms with Crippen LogP contribution in [0.25, 0.3) is 11.7 Å². The number of likely N-dealkylation sites (N-methyl/N-ethyl adjacent to an activating group) is 1. The fraction of sp³-hybridized carbons (Fsp3) is 0.417. The standard InChI is InChI=1S/C12H16N4O4/c1-2-16(5-6-17)8-10(18)13-12-15-14-11(20-12)9-4-3-7-19-9/h3-4,7,17H,2,5-6,8H2,1H3,(H,13,15,18). The van der Waals surface area contributed by atoms with Crippen LogP contribution in [0.5, 0.6) is 0 Å². The topological polar surface area (TPSA) is 105 Å². The second-order valence-electron chi connectivity index (χ2n) is 4.03. The molecule has 2 heterocycles. The number of nitrogens with zero attached hydrogens (tertiary/aromatic N) is 3. The van der Waals surface area contributed by atoms with E-state index in [9.17, 15) is 4.79 Å². The van der Waals surface area contributed by atoms with Crippen molar-refractivity contribution in [1.82, 2.24) is 15.1 Å². The van der Waals surface area contributed by atoms with Crippen molar-refractivity contribution in [2.24, 2.45) is 0 Å². The summed E-state index contributed by atoms with van der Waals surface area (Å²) < 4.78 is 10.4. The lowest BCUT2D eigenvalue weighted by Gasteiger charge is -2.17. The number of furan rings is 1. The molecule has 8 heteroatoms. The number of hydrogen-bond donors (Lipinski definition) is 2. The minimum absolute atomic E-state index is 0.00428. The van der Waals surface area contributed by atoms with Crippen LogP contribution in [-0.4, -0.2) is 52.4 Å². The molecule has 2 N–H and O–H groups in total. The number of hydrogen-bond acceptors (Lipinski definition) is 7. The third kappa shape index (κ3) is 3.65. The normalized spacial score (nSPS) is 10.9. The van der Waals surface area contributed by atoms with Crippen molar-refractivity contribution in [3.05, 3.63) is 18.4 Å². The molecule has 0 unspecified atom stereocenters. The van der Waals surface area contributed by atoms with Crippen LogP contribution in [0.1, 0.15) is 6.92 Å². The van der Waals surface area contributed by atoms with Gasteiger partial charge in [-0.05, 0) is 18.7 Å². The number of rotatable bonds is 7. The zero-order valence-electron chi connectivity index (χ0n) is 11.1. The van der Waals surface area contributed by atoms with Gasteiger partial charge in [0.05, 0.1) is 19.4 Å². The van der Waals surface area contributed by atoms with E-state index in [0.29, 0.717) is 18.8 Å². The Bertz CT molecular complexity index is 537. The summed E-state index contributed by atoms with van der Waals surface area (Å²) in [5.41, 5.74) is 0. The number of carbonyl (C=O) groups excluding carboxylic acids is 1.